The number of phenols is 1. The van der Waals surface area contributed by atoms with Gasteiger partial charge in [0, 0.05) is 32.1 Å². The highest BCUT2D eigenvalue weighted by molar-refractivity contribution is 5.93. The second-order valence-corrected chi connectivity index (χ2v) is 7.59. The molecule has 9 heteroatoms. The van der Waals surface area contributed by atoms with E-state index in [1.165, 1.54) is 25.3 Å². The van der Waals surface area contributed by atoms with E-state index in [1.807, 2.05) is 0 Å². The normalized spacial score (nSPS) is 22.2. The minimum absolute atomic E-state index is 0.0993. The number of rotatable bonds is 6. The van der Waals surface area contributed by atoms with E-state index in [9.17, 15) is 24.3 Å². The number of Topliss-reactive ketones (excluding diaryl/α,β-unsaturated/α-hetero) is 1. The molecule has 3 atom stereocenters. The van der Waals surface area contributed by atoms with E-state index in [2.05, 4.69) is 21.3 Å². The predicted molar refractivity (Wildman–Crippen MR) is 120 cm³/mol. The molecule has 1 aliphatic rings. The van der Waals surface area contributed by atoms with Gasteiger partial charge < -0.3 is 26.4 Å². The minimum atomic E-state index is -0.848. The summed E-state index contributed by atoms with van der Waals surface area (Å²) >= 11 is 0. The third-order valence-corrected chi connectivity index (χ3v) is 4.94. The number of ketones is 1. The Labute approximate surface area is 187 Å². The lowest BCUT2D eigenvalue weighted by Gasteiger charge is -2.21. The molecule has 0 saturated carbocycles. The summed E-state index contributed by atoms with van der Waals surface area (Å²) < 4.78 is 0. The van der Waals surface area contributed by atoms with Gasteiger partial charge in [-0.3, -0.25) is 14.4 Å². The van der Waals surface area contributed by atoms with Crippen LogP contribution in [-0.2, 0) is 20.8 Å². The maximum Gasteiger partial charge on any atom is 0.315 e. The highest BCUT2D eigenvalue weighted by Gasteiger charge is 2.27. The Morgan fingerprint density at radius 3 is 2.59 bits per heavy atom. The van der Waals surface area contributed by atoms with Gasteiger partial charge in [-0.15, -0.1) is 0 Å². The van der Waals surface area contributed by atoms with Crippen LogP contribution in [0.25, 0.3) is 0 Å². The largest absolute Gasteiger partial charge is 0.508 e. The fraction of sp³-hybridized carbons (Fsp3) is 0.391. The van der Waals surface area contributed by atoms with Crippen LogP contribution < -0.4 is 21.3 Å². The average molecular weight is 443 g/mol. The molecule has 1 aromatic rings. The minimum Gasteiger partial charge on any atom is -0.508 e. The van der Waals surface area contributed by atoms with Crippen molar-refractivity contribution < 1.29 is 24.3 Å². The Kier molecular flexibility index (Phi) is 9.46. The van der Waals surface area contributed by atoms with Gasteiger partial charge in [0.25, 0.3) is 0 Å². The summed E-state index contributed by atoms with van der Waals surface area (Å²) in [5.74, 6) is -1.48. The molecule has 0 aliphatic carbocycles. The maximum absolute atomic E-state index is 13.1. The van der Waals surface area contributed by atoms with Crippen LogP contribution in [0.1, 0.15) is 25.3 Å². The third kappa shape index (κ3) is 8.25. The van der Waals surface area contributed by atoms with Crippen molar-refractivity contribution in [2.75, 3.05) is 13.6 Å². The standard InChI is InChI=1S/C23H30N4O5/c1-15-6-11-21(30)25-12-4-3-5-17(22(31)26-15)14-20(29)19(27-23(32)24-2)13-16-7-9-18(28)10-8-16/h3,5-11,15,17,19,28H,4,12-14H2,1-2H3,(H,25,30)(H,26,31)(H2,24,27,32)/b5-3+,11-6+/t15-,17+,19?/m0/s1. The number of hydrogen-bond donors (Lipinski definition) is 5. The molecule has 0 aromatic heterocycles. The molecule has 1 aliphatic heterocycles. The molecule has 1 heterocycles. The van der Waals surface area contributed by atoms with Gasteiger partial charge in [-0.05, 0) is 37.5 Å². The van der Waals surface area contributed by atoms with Gasteiger partial charge in [-0.2, -0.15) is 0 Å². The number of urea groups is 1. The van der Waals surface area contributed by atoms with Crippen molar-refractivity contribution in [2.24, 2.45) is 5.92 Å². The van der Waals surface area contributed by atoms with Crippen molar-refractivity contribution >= 4 is 23.6 Å². The van der Waals surface area contributed by atoms with E-state index in [0.29, 0.717) is 13.0 Å². The third-order valence-electron chi connectivity index (χ3n) is 4.94. The number of hydrogen-bond acceptors (Lipinski definition) is 5. The lowest BCUT2D eigenvalue weighted by molar-refractivity contribution is -0.129. The molecule has 0 bridgehead atoms. The fourth-order valence-electron chi connectivity index (χ4n) is 3.16. The monoisotopic (exact) mass is 442 g/mol. The highest BCUT2D eigenvalue weighted by Crippen LogP contribution is 2.15. The predicted octanol–water partition coefficient (Wildman–Crippen LogP) is 0.945. The number of phenolic OH excluding ortho intramolecular Hbond substituents is 1. The first-order valence-corrected chi connectivity index (χ1v) is 10.5. The van der Waals surface area contributed by atoms with Crippen molar-refractivity contribution in [1.82, 2.24) is 21.3 Å². The summed E-state index contributed by atoms with van der Waals surface area (Å²) in [7, 11) is 1.45. The first-order valence-electron chi connectivity index (χ1n) is 10.5. The molecule has 1 aromatic carbocycles. The molecular weight excluding hydrogens is 412 g/mol. The lowest BCUT2D eigenvalue weighted by atomic mass is 9.93. The van der Waals surface area contributed by atoms with Crippen LogP contribution in [-0.4, -0.2) is 54.4 Å². The number of benzene rings is 1. The lowest BCUT2D eigenvalue weighted by Crippen LogP contribution is -2.47. The van der Waals surface area contributed by atoms with E-state index < -0.39 is 24.0 Å². The Bertz CT molecular complexity index is 879. The van der Waals surface area contributed by atoms with Gasteiger partial charge in [0.2, 0.25) is 11.8 Å². The smallest absolute Gasteiger partial charge is 0.315 e. The number of carbonyl (C=O) groups excluding carboxylic acids is 4. The molecule has 0 saturated heterocycles. The molecule has 0 spiro atoms. The van der Waals surface area contributed by atoms with Crippen LogP contribution in [0.3, 0.4) is 0 Å². The number of nitrogens with one attached hydrogen (secondary N) is 4. The van der Waals surface area contributed by atoms with Crippen molar-refractivity contribution in [1.29, 1.82) is 0 Å². The van der Waals surface area contributed by atoms with Crippen molar-refractivity contribution in [3.63, 3.8) is 0 Å². The second-order valence-electron chi connectivity index (χ2n) is 7.59. The van der Waals surface area contributed by atoms with Gasteiger partial charge in [-0.1, -0.05) is 30.4 Å². The zero-order valence-corrected chi connectivity index (χ0v) is 18.3. The molecule has 32 heavy (non-hydrogen) atoms. The maximum atomic E-state index is 13.1. The molecule has 9 nitrogen and oxygen atoms in total. The molecule has 5 N–H and O–H groups in total. The van der Waals surface area contributed by atoms with Crippen LogP contribution in [0.2, 0.25) is 0 Å². The van der Waals surface area contributed by atoms with Gasteiger partial charge >= 0.3 is 6.03 Å². The molecule has 1 unspecified atom stereocenters. The SMILES string of the molecule is CNC(=O)NC(Cc1ccc(O)cc1)C(=O)C[C@H]1/C=C/CCNC(=O)/C=C/[C@H](C)NC1=O. The second kappa shape index (κ2) is 12.3. The van der Waals surface area contributed by atoms with E-state index in [0.717, 1.165) is 5.56 Å². The molecule has 172 valence electrons. The number of amides is 4. The van der Waals surface area contributed by atoms with Gasteiger partial charge in [0.1, 0.15) is 5.75 Å². The first kappa shape index (κ1) is 24.6. The molecule has 0 radical (unpaired) electrons. The molecular formula is C23H30N4O5. The summed E-state index contributed by atoms with van der Waals surface area (Å²) in [4.78, 5) is 49.4. The van der Waals surface area contributed by atoms with E-state index in [4.69, 9.17) is 0 Å². The van der Waals surface area contributed by atoms with E-state index in [-0.39, 0.29) is 36.2 Å². The highest BCUT2D eigenvalue weighted by atomic mass is 16.3. The van der Waals surface area contributed by atoms with E-state index in [1.54, 1.807) is 37.3 Å². The zero-order valence-electron chi connectivity index (χ0n) is 18.3. The van der Waals surface area contributed by atoms with Crippen LogP contribution >= 0.6 is 0 Å². The van der Waals surface area contributed by atoms with Gasteiger partial charge in [0.05, 0.1) is 12.0 Å². The van der Waals surface area contributed by atoms with Crippen molar-refractivity contribution in [3.8, 4) is 5.75 Å². The van der Waals surface area contributed by atoms with Gasteiger partial charge in [-0.25, -0.2) is 4.79 Å². The van der Waals surface area contributed by atoms with Gasteiger partial charge in [0.15, 0.2) is 5.78 Å². The average Bonchev–Trinajstić information content (AvgIpc) is 2.76. The summed E-state index contributed by atoms with van der Waals surface area (Å²) in [6.07, 6.45) is 7.01. The van der Waals surface area contributed by atoms with Crippen molar-refractivity contribution in [2.45, 2.75) is 38.3 Å². The zero-order chi connectivity index (χ0) is 23.5. The van der Waals surface area contributed by atoms with Crippen LogP contribution in [0.5, 0.6) is 5.75 Å². The van der Waals surface area contributed by atoms with Crippen LogP contribution in [0, 0.1) is 5.92 Å². The molecule has 4 amide bonds. The summed E-state index contributed by atoms with van der Waals surface area (Å²) in [5, 5.41) is 20.1. The topological polar surface area (TPSA) is 137 Å². The molecule has 0 fully saturated rings. The summed E-state index contributed by atoms with van der Waals surface area (Å²) in [5.41, 5.74) is 0.755. The number of carbonyl (C=O) groups is 4. The van der Waals surface area contributed by atoms with Crippen LogP contribution in [0.4, 0.5) is 4.79 Å². The van der Waals surface area contributed by atoms with Crippen LogP contribution in [0.15, 0.2) is 48.6 Å². The quantitative estimate of drug-likeness (QED) is 0.418. The van der Waals surface area contributed by atoms with E-state index >= 15 is 0 Å². The van der Waals surface area contributed by atoms with Crippen molar-refractivity contribution in [3.05, 3.63) is 54.1 Å². The Morgan fingerprint density at radius 1 is 1.19 bits per heavy atom. The Hall–Kier alpha value is -3.62. The summed E-state index contributed by atoms with van der Waals surface area (Å²) in [6.45, 7) is 2.15. The summed E-state index contributed by atoms with van der Waals surface area (Å²) in [6, 6.07) is 4.61. The molecule has 2 rings (SSSR count). The fourth-order valence-corrected chi connectivity index (χ4v) is 3.16. The first-order chi connectivity index (χ1) is 15.3. The Balaban J connectivity index is 2.16. The Morgan fingerprint density at radius 2 is 1.91 bits per heavy atom. The number of aromatic hydroxyl groups is 1.